The topological polar surface area (TPSA) is 55.4 Å². The Morgan fingerprint density at radius 3 is 2.43 bits per heavy atom. The van der Waals surface area contributed by atoms with Gasteiger partial charge >= 0.3 is 5.97 Å². The molecule has 0 fully saturated rings. The van der Waals surface area contributed by atoms with Crippen LogP contribution in [0.15, 0.2) is 30.3 Å². The number of thiophene rings is 1. The number of ether oxygens (including phenoxy) is 1. The van der Waals surface area contributed by atoms with Gasteiger partial charge in [-0.3, -0.25) is 4.79 Å². The molecule has 122 valence electrons. The summed E-state index contributed by atoms with van der Waals surface area (Å²) in [6, 6.07) is 9.66. The summed E-state index contributed by atoms with van der Waals surface area (Å²) in [5.41, 5.74) is 2.27. The molecule has 0 spiro atoms. The second-order valence-electron chi connectivity index (χ2n) is 5.34. The Morgan fingerprint density at radius 1 is 1.22 bits per heavy atom. The molecule has 4 nitrogen and oxygen atoms in total. The molecule has 1 heterocycles. The minimum Gasteiger partial charge on any atom is -0.465 e. The predicted molar refractivity (Wildman–Crippen MR) is 93.2 cm³/mol. The first-order valence-corrected chi connectivity index (χ1v) is 8.35. The van der Waals surface area contributed by atoms with Crippen molar-refractivity contribution in [3.05, 3.63) is 51.9 Å². The van der Waals surface area contributed by atoms with Gasteiger partial charge in [-0.2, -0.15) is 0 Å². The smallest absolute Gasteiger partial charge is 0.341 e. The van der Waals surface area contributed by atoms with Gasteiger partial charge in [0.05, 0.1) is 18.6 Å². The molecule has 0 aliphatic rings. The van der Waals surface area contributed by atoms with E-state index >= 15 is 0 Å². The van der Waals surface area contributed by atoms with E-state index in [1.54, 1.807) is 0 Å². The van der Waals surface area contributed by atoms with Crippen LogP contribution in [0.3, 0.4) is 0 Å². The number of nitrogens with one attached hydrogen (secondary N) is 1. The van der Waals surface area contributed by atoms with Crippen molar-refractivity contribution in [1.82, 2.24) is 0 Å². The van der Waals surface area contributed by atoms with E-state index in [0.717, 1.165) is 16.0 Å². The molecule has 0 saturated carbocycles. The number of rotatable bonds is 5. The zero-order valence-electron chi connectivity index (χ0n) is 13.8. The van der Waals surface area contributed by atoms with Crippen LogP contribution in [0.25, 0.3) is 0 Å². The summed E-state index contributed by atoms with van der Waals surface area (Å²) in [6.07, 6.45) is 0.687. The van der Waals surface area contributed by atoms with E-state index in [9.17, 15) is 9.59 Å². The van der Waals surface area contributed by atoms with Gasteiger partial charge < -0.3 is 10.1 Å². The lowest BCUT2D eigenvalue weighted by molar-refractivity contribution is -0.117. The third-order valence-corrected chi connectivity index (χ3v) is 5.06. The van der Waals surface area contributed by atoms with Crippen molar-refractivity contribution in [2.45, 2.75) is 33.1 Å². The molecule has 0 bridgehead atoms. The standard InChI is InChI=1S/C18H21NO3S/c1-5-14(13-9-7-6-8-10-13)16(20)19-17-15(18(21)22-4)11(2)12(3)23-17/h6-10,14H,5H2,1-4H3,(H,19,20). The first-order valence-electron chi connectivity index (χ1n) is 7.53. The van der Waals surface area contributed by atoms with Crippen LogP contribution in [0.2, 0.25) is 0 Å². The summed E-state index contributed by atoms with van der Waals surface area (Å²) in [5.74, 6) is -0.774. The number of carbonyl (C=O) groups is 2. The quantitative estimate of drug-likeness (QED) is 0.832. The van der Waals surface area contributed by atoms with Crippen molar-refractivity contribution in [2.24, 2.45) is 0 Å². The summed E-state index contributed by atoms with van der Waals surface area (Å²) in [7, 11) is 1.35. The minimum atomic E-state index is -0.421. The largest absolute Gasteiger partial charge is 0.465 e. The monoisotopic (exact) mass is 331 g/mol. The van der Waals surface area contributed by atoms with E-state index < -0.39 is 5.97 Å². The molecule has 5 heteroatoms. The molecule has 0 aliphatic heterocycles. The third-order valence-electron chi connectivity index (χ3n) is 3.94. The van der Waals surface area contributed by atoms with Crippen molar-refractivity contribution in [1.29, 1.82) is 0 Å². The fourth-order valence-electron chi connectivity index (χ4n) is 2.52. The zero-order chi connectivity index (χ0) is 17.0. The van der Waals surface area contributed by atoms with Crippen molar-refractivity contribution < 1.29 is 14.3 Å². The molecular formula is C18H21NO3S. The summed E-state index contributed by atoms with van der Waals surface area (Å²) >= 11 is 1.40. The number of benzene rings is 1. The second kappa shape index (κ2) is 7.42. The normalized spacial score (nSPS) is 11.8. The van der Waals surface area contributed by atoms with Crippen LogP contribution in [0.1, 0.15) is 45.6 Å². The molecule has 1 amide bonds. The summed E-state index contributed by atoms with van der Waals surface area (Å²) < 4.78 is 4.84. The molecule has 1 aromatic heterocycles. The summed E-state index contributed by atoms with van der Waals surface area (Å²) in [6.45, 7) is 5.77. The zero-order valence-corrected chi connectivity index (χ0v) is 14.6. The molecule has 0 aliphatic carbocycles. The van der Waals surface area contributed by atoms with Gasteiger partial charge in [0.2, 0.25) is 5.91 Å². The fourth-order valence-corrected chi connectivity index (χ4v) is 3.57. The molecular weight excluding hydrogens is 310 g/mol. The Hall–Kier alpha value is -2.14. The van der Waals surface area contributed by atoms with E-state index in [0.29, 0.717) is 17.0 Å². The highest BCUT2D eigenvalue weighted by molar-refractivity contribution is 7.16. The van der Waals surface area contributed by atoms with Gasteiger partial charge in [-0.1, -0.05) is 37.3 Å². The minimum absolute atomic E-state index is 0.106. The number of carbonyl (C=O) groups excluding carboxylic acids is 2. The lowest BCUT2D eigenvalue weighted by atomic mass is 9.95. The molecule has 0 radical (unpaired) electrons. The Labute approximate surface area is 140 Å². The van der Waals surface area contributed by atoms with E-state index in [1.807, 2.05) is 51.1 Å². The van der Waals surface area contributed by atoms with Gasteiger partial charge in [0, 0.05) is 4.88 Å². The van der Waals surface area contributed by atoms with Crippen molar-refractivity contribution in [3.8, 4) is 0 Å². The molecule has 0 saturated heterocycles. The average molecular weight is 331 g/mol. The number of amides is 1. The highest BCUT2D eigenvalue weighted by Crippen LogP contribution is 2.34. The SMILES string of the molecule is CCC(C(=O)Nc1sc(C)c(C)c1C(=O)OC)c1ccccc1. The predicted octanol–water partition coefficient (Wildman–Crippen LogP) is 4.28. The van der Waals surface area contributed by atoms with Gasteiger partial charge in [-0.15, -0.1) is 11.3 Å². The van der Waals surface area contributed by atoms with Crippen molar-refractivity contribution >= 4 is 28.2 Å². The van der Waals surface area contributed by atoms with Crippen LogP contribution in [-0.2, 0) is 9.53 Å². The van der Waals surface area contributed by atoms with Crippen LogP contribution in [0.4, 0.5) is 5.00 Å². The van der Waals surface area contributed by atoms with Crippen LogP contribution in [0, 0.1) is 13.8 Å². The van der Waals surface area contributed by atoms with Gasteiger partial charge in [-0.05, 0) is 31.4 Å². The lowest BCUT2D eigenvalue weighted by Gasteiger charge is -2.15. The van der Waals surface area contributed by atoms with E-state index in [4.69, 9.17) is 4.74 Å². The van der Waals surface area contributed by atoms with E-state index in [-0.39, 0.29) is 11.8 Å². The third kappa shape index (κ3) is 3.62. The van der Waals surface area contributed by atoms with Crippen LogP contribution in [0.5, 0.6) is 0 Å². The first kappa shape index (κ1) is 17.2. The molecule has 1 aromatic carbocycles. The average Bonchev–Trinajstić information content (AvgIpc) is 2.82. The van der Waals surface area contributed by atoms with Crippen LogP contribution in [-0.4, -0.2) is 19.0 Å². The Kier molecular flexibility index (Phi) is 5.55. The Morgan fingerprint density at radius 2 is 1.87 bits per heavy atom. The van der Waals surface area contributed by atoms with E-state index in [2.05, 4.69) is 5.32 Å². The highest BCUT2D eigenvalue weighted by atomic mass is 32.1. The van der Waals surface area contributed by atoms with Gasteiger partial charge in [0.1, 0.15) is 5.00 Å². The number of esters is 1. The summed E-state index contributed by atoms with van der Waals surface area (Å²) in [4.78, 5) is 25.7. The Bertz CT molecular complexity index is 707. The fraction of sp³-hybridized carbons (Fsp3) is 0.333. The molecule has 1 N–H and O–H groups in total. The lowest BCUT2D eigenvalue weighted by Crippen LogP contribution is -2.21. The Balaban J connectivity index is 2.30. The summed E-state index contributed by atoms with van der Waals surface area (Å²) in [5, 5.41) is 3.48. The number of methoxy groups -OCH3 is 1. The number of hydrogen-bond acceptors (Lipinski definition) is 4. The number of hydrogen-bond donors (Lipinski definition) is 1. The van der Waals surface area contributed by atoms with Crippen molar-refractivity contribution in [3.63, 3.8) is 0 Å². The molecule has 2 rings (SSSR count). The number of aryl methyl sites for hydroxylation is 1. The maximum absolute atomic E-state index is 12.7. The molecule has 23 heavy (non-hydrogen) atoms. The van der Waals surface area contributed by atoms with Crippen molar-refractivity contribution in [2.75, 3.05) is 12.4 Å². The van der Waals surface area contributed by atoms with Gasteiger partial charge in [0.15, 0.2) is 0 Å². The van der Waals surface area contributed by atoms with Crippen LogP contribution >= 0.6 is 11.3 Å². The maximum Gasteiger partial charge on any atom is 0.341 e. The van der Waals surface area contributed by atoms with Crippen LogP contribution < -0.4 is 5.32 Å². The molecule has 2 aromatic rings. The number of anilines is 1. The molecule has 1 atom stereocenters. The maximum atomic E-state index is 12.7. The first-order chi connectivity index (χ1) is 11.0. The van der Waals surface area contributed by atoms with Gasteiger partial charge in [-0.25, -0.2) is 4.79 Å². The van der Waals surface area contributed by atoms with E-state index in [1.165, 1.54) is 18.4 Å². The van der Waals surface area contributed by atoms with Gasteiger partial charge in [0.25, 0.3) is 0 Å². The second-order valence-corrected chi connectivity index (χ2v) is 6.56. The molecule has 1 unspecified atom stereocenters. The highest BCUT2D eigenvalue weighted by Gasteiger charge is 2.24.